The van der Waals surface area contributed by atoms with Crippen molar-refractivity contribution >= 4 is 11.5 Å². The van der Waals surface area contributed by atoms with E-state index in [0.29, 0.717) is 17.1 Å². The van der Waals surface area contributed by atoms with Gasteiger partial charge in [0.25, 0.3) is 0 Å². The molecule has 0 aliphatic carbocycles. The van der Waals surface area contributed by atoms with Gasteiger partial charge in [-0.05, 0) is 24.6 Å². The molecular weight excluding hydrogens is 221 g/mol. The van der Waals surface area contributed by atoms with Crippen LogP contribution in [0.25, 0.3) is 0 Å². The van der Waals surface area contributed by atoms with Crippen LogP contribution in [0.15, 0.2) is 24.5 Å². The number of anilines is 1. The minimum absolute atomic E-state index is 0.0129. The third-order valence-corrected chi connectivity index (χ3v) is 2.46. The van der Waals surface area contributed by atoms with Crippen LogP contribution in [0.3, 0.4) is 0 Å². The smallest absolute Gasteiger partial charge is 0.173 e. The van der Waals surface area contributed by atoms with Crippen LogP contribution >= 0.6 is 0 Å². The highest BCUT2D eigenvalue weighted by atomic mass is 19.1. The van der Waals surface area contributed by atoms with Crippen molar-refractivity contribution in [3.8, 4) is 0 Å². The zero-order valence-corrected chi connectivity index (χ0v) is 9.33. The first-order valence-electron chi connectivity index (χ1n) is 5.15. The van der Waals surface area contributed by atoms with Gasteiger partial charge < -0.3 is 10.7 Å². The molecule has 0 aliphatic rings. The standard InChI is InChI=1S/C12H12FN3O/c1-7-4-8(14)5-9(12(7)13)10(17)6-11-15-2-3-16-11/h2-5H,6,14H2,1H3,(H,15,16). The monoisotopic (exact) mass is 233 g/mol. The van der Waals surface area contributed by atoms with Crippen molar-refractivity contribution in [3.05, 3.63) is 47.3 Å². The van der Waals surface area contributed by atoms with Crippen LogP contribution < -0.4 is 5.73 Å². The third kappa shape index (κ3) is 2.33. The van der Waals surface area contributed by atoms with Crippen LogP contribution in [0.2, 0.25) is 0 Å². The van der Waals surface area contributed by atoms with Crippen molar-refractivity contribution < 1.29 is 9.18 Å². The Morgan fingerprint density at radius 1 is 1.53 bits per heavy atom. The number of nitrogen functional groups attached to an aromatic ring is 1. The number of Topliss-reactive ketones (excluding diaryl/α,β-unsaturated/α-hetero) is 1. The van der Waals surface area contributed by atoms with E-state index in [1.165, 1.54) is 12.1 Å². The van der Waals surface area contributed by atoms with Crippen molar-refractivity contribution in [2.45, 2.75) is 13.3 Å². The molecule has 0 fully saturated rings. The van der Waals surface area contributed by atoms with Crippen molar-refractivity contribution in [1.82, 2.24) is 9.97 Å². The molecule has 3 N–H and O–H groups in total. The molecule has 0 saturated heterocycles. The number of benzene rings is 1. The molecule has 17 heavy (non-hydrogen) atoms. The number of H-pyrrole nitrogens is 1. The molecule has 2 aromatic rings. The number of carbonyl (C=O) groups is 1. The summed E-state index contributed by atoms with van der Waals surface area (Å²) in [6.45, 7) is 1.58. The van der Waals surface area contributed by atoms with Crippen LogP contribution in [0.5, 0.6) is 0 Å². The van der Waals surface area contributed by atoms with Crippen LogP contribution in [-0.4, -0.2) is 15.8 Å². The molecule has 88 valence electrons. The van der Waals surface area contributed by atoms with Crippen LogP contribution in [0.1, 0.15) is 21.7 Å². The minimum Gasteiger partial charge on any atom is -0.399 e. The molecule has 0 saturated carbocycles. The summed E-state index contributed by atoms with van der Waals surface area (Å²) in [4.78, 5) is 18.6. The number of nitrogens with zero attached hydrogens (tertiary/aromatic N) is 1. The number of aromatic amines is 1. The summed E-state index contributed by atoms with van der Waals surface area (Å²) in [6.07, 6.45) is 3.19. The molecule has 0 unspecified atom stereocenters. The molecular formula is C12H12FN3O. The number of nitrogens with one attached hydrogen (secondary N) is 1. The lowest BCUT2D eigenvalue weighted by Crippen LogP contribution is -2.09. The van der Waals surface area contributed by atoms with Gasteiger partial charge in [0.2, 0.25) is 0 Å². The molecule has 0 aliphatic heterocycles. The molecule has 0 amide bonds. The Balaban J connectivity index is 2.31. The number of aromatic nitrogens is 2. The first kappa shape index (κ1) is 11.3. The summed E-state index contributed by atoms with van der Waals surface area (Å²) in [5, 5.41) is 0. The lowest BCUT2D eigenvalue weighted by molar-refractivity contribution is 0.0987. The predicted octanol–water partition coefficient (Wildman–Crippen LogP) is 1.86. The third-order valence-electron chi connectivity index (χ3n) is 2.46. The SMILES string of the molecule is Cc1cc(N)cc(C(=O)Cc2ncc[nH]2)c1F. The maximum Gasteiger partial charge on any atom is 0.173 e. The second-order valence-corrected chi connectivity index (χ2v) is 3.84. The number of hydrogen-bond donors (Lipinski definition) is 2. The van der Waals surface area contributed by atoms with Crippen LogP contribution in [0.4, 0.5) is 10.1 Å². The molecule has 0 spiro atoms. The molecule has 0 atom stereocenters. The summed E-state index contributed by atoms with van der Waals surface area (Å²) in [5.74, 6) is -0.349. The molecule has 1 aromatic carbocycles. The van der Waals surface area contributed by atoms with Crippen molar-refractivity contribution in [1.29, 1.82) is 0 Å². The van der Waals surface area contributed by atoms with Crippen LogP contribution in [0, 0.1) is 12.7 Å². The Hall–Kier alpha value is -2.17. The predicted molar refractivity (Wildman–Crippen MR) is 62.2 cm³/mol. The van der Waals surface area contributed by atoms with Gasteiger partial charge in [-0.15, -0.1) is 0 Å². The van der Waals surface area contributed by atoms with Gasteiger partial charge in [-0.1, -0.05) is 0 Å². The first-order valence-corrected chi connectivity index (χ1v) is 5.15. The molecule has 1 aromatic heterocycles. The lowest BCUT2D eigenvalue weighted by atomic mass is 10.0. The molecule has 0 bridgehead atoms. The van der Waals surface area contributed by atoms with Gasteiger partial charge in [0.05, 0.1) is 12.0 Å². The van der Waals surface area contributed by atoms with E-state index in [1.54, 1.807) is 19.3 Å². The van der Waals surface area contributed by atoms with Gasteiger partial charge in [0, 0.05) is 18.1 Å². The number of ketones is 1. The molecule has 1 heterocycles. The van der Waals surface area contributed by atoms with Crippen molar-refractivity contribution in [2.24, 2.45) is 0 Å². The van der Waals surface area contributed by atoms with E-state index in [2.05, 4.69) is 9.97 Å². The number of rotatable bonds is 3. The molecule has 2 rings (SSSR count). The number of aryl methyl sites for hydroxylation is 1. The average molecular weight is 233 g/mol. The fourth-order valence-corrected chi connectivity index (χ4v) is 1.64. The first-order chi connectivity index (χ1) is 8.08. The van der Waals surface area contributed by atoms with E-state index in [0.717, 1.165) is 0 Å². The van der Waals surface area contributed by atoms with Gasteiger partial charge in [0.15, 0.2) is 5.78 Å². The summed E-state index contributed by atoms with van der Waals surface area (Å²) in [7, 11) is 0. The van der Waals surface area contributed by atoms with Crippen LogP contribution in [-0.2, 0) is 6.42 Å². The van der Waals surface area contributed by atoms with Gasteiger partial charge in [-0.3, -0.25) is 4.79 Å². The lowest BCUT2D eigenvalue weighted by Gasteiger charge is -2.05. The average Bonchev–Trinajstić information content (AvgIpc) is 2.76. The molecule has 5 heteroatoms. The fourth-order valence-electron chi connectivity index (χ4n) is 1.64. The zero-order chi connectivity index (χ0) is 12.4. The van der Waals surface area contributed by atoms with E-state index in [-0.39, 0.29) is 17.8 Å². The topological polar surface area (TPSA) is 71.8 Å². The van der Waals surface area contributed by atoms with Gasteiger partial charge in [-0.2, -0.15) is 0 Å². The number of hydrogen-bond acceptors (Lipinski definition) is 3. The Labute approximate surface area is 97.7 Å². The summed E-state index contributed by atoms with van der Waals surface area (Å²) in [6, 6.07) is 2.85. The van der Waals surface area contributed by atoms with Crippen molar-refractivity contribution in [3.63, 3.8) is 0 Å². The Morgan fingerprint density at radius 3 is 2.94 bits per heavy atom. The summed E-state index contributed by atoms with van der Waals surface area (Å²) >= 11 is 0. The maximum atomic E-state index is 13.8. The number of imidazole rings is 1. The second-order valence-electron chi connectivity index (χ2n) is 3.84. The van der Waals surface area contributed by atoms with Gasteiger partial charge in [-0.25, -0.2) is 9.37 Å². The Kier molecular flexibility index (Phi) is 2.91. The van der Waals surface area contributed by atoms with E-state index in [1.807, 2.05) is 0 Å². The summed E-state index contributed by atoms with van der Waals surface area (Å²) < 4.78 is 13.8. The highest BCUT2D eigenvalue weighted by Crippen LogP contribution is 2.18. The highest BCUT2D eigenvalue weighted by Gasteiger charge is 2.15. The maximum absolute atomic E-state index is 13.8. The number of nitrogens with two attached hydrogens (primary N) is 1. The van der Waals surface area contributed by atoms with E-state index >= 15 is 0 Å². The zero-order valence-electron chi connectivity index (χ0n) is 9.33. The quantitative estimate of drug-likeness (QED) is 0.628. The minimum atomic E-state index is -0.518. The summed E-state index contributed by atoms with van der Waals surface area (Å²) in [5.41, 5.74) is 6.36. The molecule has 0 radical (unpaired) electrons. The Bertz CT molecular complexity index is 549. The fraction of sp³-hybridized carbons (Fsp3) is 0.167. The number of halogens is 1. The number of carbonyl (C=O) groups excluding carboxylic acids is 1. The largest absolute Gasteiger partial charge is 0.399 e. The normalized spacial score (nSPS) is 10.5. The molecule has 4 nitrogen and oxygen atoms in total. The highest BCUT2D eigenvalue weighted by molar-refractivity contribution is 5.98. The van der Waals surface area contributed by atoms with Gasteiger partial charge in [0.1, 0.15) is 11.6 Å². The van der Waals surface area contributed by atoms with Crippen molar-refractivity contribution in [2.75, 3.05) is 5.73 Å². The van der Waals surface area contributed by atoms with Gasteiger partial charge >= 0.3 is 0 Å². The van der Waals surface area contributed by atoms with E-state index < -0.39 is 5.82 Å². The van der Waals surface area contributed by atoms with E-state index in [4.69, 9.17) is 5.73 Å². The van der Waals surface area contributed by atoms with E-state index in [9.17, 15) is 9.18 Å². The second kappa shape index (κ2) is 4.37. The Morgan fingerprint density at radius 2 is 2.29 bits per heavy atom.